The topological polar surface area (TPSA) is 63.6 Å². The van der Waals surface area contributed by atoms with Gasteiger partial charge in [-0.15, -0.1) is 0 Å². The van der Waals surface area contributed by atoms with E-state index in [1.54, 1.807) is 0 Å². The second-order valence-corrected chi connectivity index (χ2v) is 8.92. The number of ketones is 1. The Labute approximate surface area is 155 Å². The summed E-state index contributed by atoms with van der Waals surface area (Å²) < 4.78 is 4.90. The highest BCUT2D eigenvalue weighted by Crippen LogP contribution is 2.58. The lowest BCUT2D eigenvalue weighted by Gasteiger charge is -2.56. The van der Waals surface area contributed by atoms with E-state index in [-0.39, 0.29) is 29.5 Å². The molecule has 3 rings (SSSR count). The summed E-state index contributed by atoms with van der Waals surface area (Å²) in [5, 5.41) is 11.0. The lowest BCUT2D eigenvalue weighted by atomic mass is 9.48. The minimum Gasteiger partial charge on any atom is -0.469 e. The monoisotopic (exact) mass is 358 g/mol. The Morgan fingerprint density at radius 2 is 2.00 bits per heavy atom. The molecule has 0 radical (unpaired) electrons. The molecular weight excluding hydrogens is 328 g/mol. The van der Waals surface area contributed by atoms with Crippen molar-refractivity contribution < 1.29 is 19.4 Å². The first kappa shape index (κ1) is 19.1. The molecule has 1 saturated carbocycles. The number of carbonyl (C=O) groups excluding carboxylic acids is 2. The highest BCUT2D eigenvalue weighted by molar-refractivity contribution is 6.03. The van der Waals surface area contributed by atoms with Crippen LogP contribution in [0, 0.1) is 11.3 Å². The number of Topliss-reactive ketones (excluding diaryl/α,β-unsaturated/α-hetero) is 1. The van der Waals surface area contributed by atoms with Crippen LogP contribution in [0.3, 0.4) is 0 Å². The van der Waals surface area contributed by atoms with E-state index in [2.05, 4.69) is 32.9 Å². The first-order valence-corrected chi connectivity index (χ1v) is 9.57. The van der Waals surface area contributed by atoms with E-state index in [0.717, 1.165) is 30.4 Å². The molecule has 4 atom stereocenters. The Morgan fingerprint density at radius 1 is 1.31 bits per heavy atom. The standard InChI is InChI=1S/C22H30O4/c1-13(2)14-7-8-16-15(11-14)18(24)19(25)20-21(3,12-17(23)26-5)9-6-10-22(16,20)4/h7-8,11,13,19-20,25H,6,9-10,12H2,1-5H3/t19?,20?,21-,22-/m1/s1. The fourth-order valence-electron chi connectivity index (χ4n) is 5.51. The van der Waals surface area contributed by atoms with Gasteiger partial charge in [0.2, 0.25) is 0 Å². The first-order chi connectivity index (χ1) is 12.1. The van der Waals surface area contributed by atoms with Crippen molar-refractivity contribution in [2.24, 2.45) is 11.3 Å². The molecule has 0 heterocycles. The average molecular weight is 358 g/mol. The van der Waals surface area contributed by atoms with Crippen molar-refractivity contribution in [3.63, 3.8) is 0 Å². The highest BCUT2D eigenvalue weighted by atomic mass is 16.5. The number of esters is 1. The normalized spacial score (nSPS) is 33.6. The summed E-state index contributed by atoms with van der Waals surface area (Å²) in [4.78, 5) is 25.1. The SMILES string of the molecule is COC(=O)C[C@@]1(C)CCC[C@]2(C)c3ccc(C(C)C)cc3C(=O)C(O)C12. The minimum absolute atomic E-state index is 0.206. The molecule has 1 aromatic rings. The van der Waals surface area contributed by atoms with Crippen LogP contribution in [-0.2, 0) is 14.9 Å². The Balaban J connectivity index is 2.13. The maximum absolute atomic E-state index is 13.1. The number of methoxy groups -OCH3 is 1. The third-order valence-electron chi connectivity index (χ3n) is 6.83. The van der Waals surface area contributed by atoms with E-state index in [4.69, 9.17) is 4.74 Å². The summed E-state index contributed by atoms with van der Waals surface area (Å²) in [7, 11) is 1.39. The molecule has 2 aliphatic carbocycles. The molecule has 1 aromatic carbocycles. The second kappa shape index (κ2) is 6.49. The largest absolute Gasteiger partial charge is 0.469 e. The highest BCUT2D eigenvalue weighted by Gasteiger charge is 2.58. The van der Waals surface area contributed by atoms with Crippen molar-refractivity contribution in [3.05, 3.63) is 34.9 Å². The molecule has 4 heteroatoms. The van der Waals surface area contributed by atoms with Crippen molar-refractivity contribution in [3.8, 4) is 0 Å². The smallest absolute Gasteiger partial charge is 0.306 e. The van der Waals surface area contributed by atoms with E-state index >= 15 is 0 Å². The van der Waals surface area contributed by atoms with E-state index in [9.17, 15) is 14.7 Å². The van der Waals surface area contributed by atoms with Gasteiger partial charge in [0, 0.05) is 11.5 Å². The quantitative estimate of drug-likeness (QED) is 0.830. The molecule has 0 saturated heterocycles. The molecule has 1 fully saturated rings. The predicted octanol–water partition coefficient (Wildman–Crippen LogP) is 3.99. The van der Waals surface area contributed by atoms with Gasteiger partial charge in [-0.3, -0.25) is 9.59 Å². The van der Waals surface area contributed by atoms with Crippen LogP contribution < -0.4 is 0 Å². The van der Waals surface area contributed by atoms with E-state index in [1.807, 2.05) is 13.0 Å². The summed E-state index contributed by atoms with van der Waals surface area (Å²) in [6.07, 6.45) is 1.84. The molecular formula is C22H30O4. The number of fused-ring (bicyclic) bond motifs is 3. The molecule has 26 heavy (non-hydrogen) atoms. The predicted molar refractivity (Wildman–Crippen MR) is 100 cm³/mol. The lowest BCUT2D eigenvalue weighted by molar-refractivity contribution is -0.147. The van der Waals surface area contributed by atoms with Crippen LogP contribution in [0.1, 0.15) is 80.8 Å². The summed E-state index contributed by atoms with van der Waals surface area (Å²) >= 11 is 0. The van der Waals surface area contributed by atoms with Gasteiger partial charge in [0.05, 0.1) is 13.5 Å². The Kier molecular flexibility index (Phi) is 4.76. The molecule has 142 valence electrons. The molecule has 0 aromatic heterocycles. The maximum Gasteiger partial charge on any atom is 0.306 e. The van der Waals surface area contributed by atoms with Gasteiger partial charge in [-0.25, -0.2) is 0 Å². The Morgan fingerprint density at radius 3 is 2.62 bits per heavy atom. The van der Waals surface area contributed by atoms with Crippen molar-refractivity contribution in [1.29, 1.82) is 0 Å². The van der Waals surface area contributed by atoms with Crippen LogP contribution in [0.25, 0.3) is 0 Å². The fraction of sp³-hybridized carbons (Fsp3) is 0.636. The summed E-state index contributed by atoms with van der Waals surface area (Å²) in [6, 6.07) is 6.13. The van der Waals surface area contributed by atoms with Crippen LogP contribution in [0.4, 0.5) is 0 Å². The van der Waals surface area contributed by atoms with Crippen LogP contribution in [0.15, 0.2) is 18.2 Å². The van der Waals surface area contributed by atoms with E-state index < -0.39 is 11.5 Å². The molecule has 4 nitrogen and oxygen atoms in total. The van der Waals surface area contributed by atoms with Crippen LogP contribution in [0.5, 0.6) is 0 Å². The van der Waals surface area contributed by atoms with Crippen molar-refractivity contribution in [2.75, 3.05) is 7.11 Å². The molecule has 2 aliphatic rings. The van der Waals surface area contributed by atoms with Crippen molar-refractivity contribution >= 4 is 11.8 Å². The number of hydrogen-bond acceptors (Lipinski definition) is 4. The molecule has 0 spiro atoms. The van der Waals surface area contributed by atoms with Crippen molar-refractivity contribution in [2.45, 2.75) is 70.8 Å². The first-order valence-electron chi connectivity index (χ1n) is 9.57. The zero-order valence-electron chi connectivity index (χ0n) is 16.5. The number of benzene rings is 1. The minimum atomic E-state index is -1.08. The summed E-state index contributed by atoms with van der Waals surface area (Å²) in [6.45, 7) is 8.37. The number of hydrogen-bond donors (Lipinski definition) is 1. The zero-order valence-corrected chi connectivity index (χ0v) is 16.5. The second-order valence-electron chi connectivity index (χ2n) is 8.92. The number of rotatable bonds is 3. The van der Waals surface area contributed by atoms with Crippen LogP contribution in [0.2, 0.25) is 0 Å². The lowest BCUT2D eigenvalue weighted by Crippen LogP contribution is -2.58. The average Bonchev–Trinajstić information content (AvgIpc) is 2.58. The van der Waals surface area contributed by atoms with Gasteiger partial charge in [-0.05, 0) is 46.8 Å². The van der Waals surface area contributed by atoms with E-state index in [1.165, 1.54) is 7.11 Å². The van der Waals surface area contributed by atoms with Gasteiger partial charge in [0.1, 0.15) is 6.10 Å². The van der Waals surface area contributed by atoms with Crippen molar-refractivity contribution in [1.82, 2.24) is 0 Å². The molecule has 1 N–H and O–H groups in total. The van der Waals surface area contributed by atoms with E-state index in [0.29, 0.717) is 11.5 Å². The zero-order chi connectivity index (χ0) is 19.3. The number of ether oxygens (including phenoxy) is 1. The van der Waals surface area contributed by atoms with Gasteiger partial charge in [0.15, 0.2) is 5.78 Å². The maximum atomic E-state index is 13.1. The number of aliphatic hydroxyl groups excluding tert-OH is 1. The fourth-order valence-corrected chi connectivity index (χ4v) is 5.51. The number of carbonyl (C=O) groups is 2. The Bertz CT molecular complexity index is 738. The Hall–Kier alpha value is -1.68. The summed E-state index contributed by atoms with van der Waals surface area (Å²) in [5.41, 5.74) is 2.02. The van der Waals surface area contributed by atoms with Crippen LogP contribution >= 0.6 is 0 Å². The molecule has 2 unspecified atom stereocenters. The van der Waals surface area contributed by atoms with Gasteiger partial charge in [-0.1, -0.05) is 46.2 Å². The third kappa shape index (κ3) is 2.79. The van der Waals surface area contributed by atoms with Gasteiger partial charge < -0.3 is 9.84 Å². The summed E-state index contributed by atoms with van der Waals surface area (Å²) in [5.74, 6) is -0.445. The molecule has 0 amide bonds. The van der Waals surface area contributed by atoms with Gasteiger partial charge in [-0.2, -0.15) is 0 Å². The third-order valence-corrected chi connectivity index (χ3v) is 6.83. The van der Waals surface area contributed by atoms with Gasteiger partial charge >= 0.3 is 5.97 Å². The molecule has 0 bridgehead atoms. The van der Waals surface area contributed by atoms with Gasteiger partial charge in [0.25, 0.3) is 0 Å². The van der Waals surface area contributed by atoms with Crippen LogP contribution in [-0.4, -0.2) is 30.1 Å². The molecule has 0 aliphatic heterocycles. The number of aliphatic hydroxyl groups is 1.